The fourth-order valence-corrected chi connectivity index (χ4v) is 4.42. The lowest BCUT2D eigenvalue weighted by molar-refractivity contribution is -0.139. The van der Waals surface area contributed by atoms with Crippen LogP contribution in [0.2, 0.25) is 5.02 Å². The van der Waals surface area contributed by atoms with Gasteiger partial charge in [0.25, 0.3) is 5.91 Å². The molecule has 3 aromatic carbocycles. The van der Waals surface area contributed by atoms with E-state index in [0.29, 0.717) is 21.8 Å². The van der Waals surface area contributed by atoms with Gasteiger partial charge in [-0.1, -0.05) is 54.1 Å². The molecule has 1 fully saturated rings. The number of nitrogens with zero attached hydrogens (tertiary/aromatic N) is 1. The number of anilines is 2. The molecule has 2 heterocycles. The fourth-order valence-electron chi connectivity index (χ4n) is 4.30. The van der Waals surface area contributed by atoms with Crippen LogP contribution in [0, 0.1) is 5.82 Å². The number of hydrogen-bond acceptors (Lipinski definition) is 2. The Morgan fingerprint density at radius 3 is 2.36 bits per heavy atom. The summed E-state index contributed by atoms with van der Waals surface area (Å²) in [5.74, 6) is -2.01. The van der Waals surface area contributed by atoms with E-state index in [4.69, 9.17) is 11.6 Å². The summed E-state index contributed by atoms with van der Waals surface area (Å²) in [7, 11) is 0. The Balaban J connectivity index is 1.77. The number of β-lactam (4-membered cyclic amide) rings is 1. The number of para-hydroxylation sites is 2. The van der Waals surface area contributed by atoms with Crippen LogP contribution in [0.4, 0.5) is 15.8 Å². The van der Waals surface area contributed by atoms with Gasteiger partial charge in [0.05, 0.1) is 5.69 Å². The SMILES string of the molecule is O=C1[C@@H](c2ccc(Cl)cc2)[C@]2(C(=O)Nc3ccccc32)N1c1ccccc1F. The highest BCUT2D eigenvalue weighted by molar-refractivity contribution is 6.30. The van der Waals surface area contributed by atoms with E-state index in [1.165, 1.54) is 17.0 Å². The zero-order valence-corrected chi connectivity index (χ0v) is 15.3. The van der Waals surface area contributed by atoms with Crippen molar-refractivity contribution < 1.29 is 14.0 Å². The molecule has 2 amide bonds. The minimum Gasteiger partial charge on any atom is -0.323 e. The minimum atomic E-state index is -1.34. The molecular formula is C22H14ClFN2O2. The van der Waals surface area contributed by atoms with E-state index in [0.717, 1.165) is 0 Å². The van der Waals surface area contributed by atoms with Gasteiger partial charge < -0.3 is 5.32 Å². The van der Waals surface area contributed by atoms with Gasteiger partial charge in [0.2, 0.25) is 5.91 Å². The second kappa shape index (κ2) is 5.91. The molecule has 5 rings (SSSR count). The molecule has 2 aliphatic rings. The van der Waals surface area contributed by atoms with E-state index in [2.05, 4.69) is 5.32 Å². The summed E-state index contributed by atoms with van der Waals surface area (Å²) >= 11 is 6.00. The van der Waals surface area contributed by atoms with Gasteiger partial charge >= 0.3 is 0 Å². The van der Waals surface area contributed by atoms with E-state index in [1.54, 1.807) is 48.5 Å². The van der Waals surface area contributed by atoms with Crippen molar-refractivity contribution in [3.05, 3.63) is 94.8 Å². The lowest BCUT2D eigenvalue weighted by Gasteiger charge is -2.54. The predicted octanol–water partition coefficient (Wildman–Crippen LogP) is 4.46. The Kier molecular flexibility index (Phi) is 3.58. The van der Waals surface area contributed by atoms with Crippen LogP contribution >= 0.6 is 11.6 Å². The first-order valence-electron chi connectivity index (χ1n) is 8.80. The van der Waals surface area contributed by atoms with Crippen molar-refractivity contribution >= 4 is 34.8 Å². The number of carbonyl (C=O) groups is 2. The van der Waals surface area contributed by atoms with Crippen molar-refractivity contribution in [1.29, 1.82) is 0 Å². The average Bonchev–Trinajstić information content (AvgIpc) is 2.99. The molecule has 0 saturated carbocycles. The average molecular weight is 393 g/mol. The Hall–Kier alpha value is -3.18. The van der Waals surface area contributed by atoms with Gasteiger partial charge in [-0.2, -0.15) is 0 Å². The molecule has 1 spiro atoms. The Morgan fingerprint density at radius 1 is 0.929 bits per heavy atom. The lowest BCUT2D eigenvalue weighted by Crippen LogP contribution is -2.70. The molecule has 0 radical (unpaired) electrons. The number of hydrogen-bond donors (Lipinski definition) is 1. The van der Waals surface area contributed by atoms with E-state index in [-0.39, 0.29) is 17.5 Å². The number of benzene rings is 3. The summed E-state index contributed by atoms with van der Waals surface area (Å²) in [5.41, 5.74) is 0.686. The molecule has 1 saturated heterocycles. The molecular weight excluding hydrogens is 379 g/mol. The molecule has 0 unspecified atom stereocenters. The molecule has 2 aliphatic heterocycles. The highest BCUT2D eigenvalue weighted by atomic mass is 35.5. The summed E-state index contributed by atoms with van der Waals surface area (Å²) in [6.45, 7) is 0. The molecule has 4 nitrogen and oxygen atoms in total. The molecule has 138 valence electrons. The quantitative estimate of drug-likeness (QED) is 0.655. The van der Waals surface area contributed by atoms with Crippen molar-refractivity contribution in [3.63, 3.8) is 0 Å². The summed E-state index contributed by atoms with van der Waals surface area (Å²) < 4.78 is 14.6. The summed E-state index contributed by atoms with van der Waals surface area (Å²) in [6, 6.07) is 20.0. The lowest BCUT2D eigenvalue weighted by atomic mass is 9.66. The molecule has 0 aromatic heterocycles. The minimum absolute atomic E-state index is 0.0876. The molecule has 3 aromatic rings. The number of rotatable bonds is 2. The topological polar surface area (TPSA) is 49.4 Å². The zero-order valence-electron chi connectivity index (χ0n) is 14.5. The Bertz CT molecular complexity index is 1130. The summed E-state index contributed by atoms with van der Waals surface area (Å²) in [5, 5.41) is 3.39. The smallest absolute Gasteiger partial charge is 0.256 e. The first-order chi connectivity index (χ1) is 13.5. The van der Waals surface area contributed by atoms with Gasteiger partial charge in [-0.3, -0.25) is 14.5 Å². The van der Waals surface area contributed by atoms with Crippen LogP contribution in [-0.4, -0.2) is 11.8 Å². The van der Waals surface area contributed by atoms with Gasteiger partial charge in [-0.05, 0) is 35.9 Å². The molecule has 0 aliphatic carbocycles. The van der Waals surface area contributed by atoms with Crippen molar-refractivity contribution in [2.45, 2.75) is 11.5 Å². The fraction of sp³-hybridized carbons (Fsp3) is 0.0909. The Morgan fingerprint density at radius 2 is 1.61 bits per heavy atom. The maximum Gasteiger partial charge on any atom is 0.256 e. The molecule has 2 atom stereocenters. The van der Waals surface area contributed by atoms with Gasteiger partial charge in [0, 0.05) is 16.3 Å². The van der Waals surface area contributed by atoms with E-state index >= 15 is 0 Å². The predicted molar refractivity (Wildman–Crippen MR) is 105 cm³/mol. The third kappa shape index (κ3) is 2.05. The van der Waals surface area contributed by atoms with E-state index in [9.17, 15) is 14.0 Å². The van der Waals surface area contributed by atoms with Crippen LogP contribution < -0.4 is 10.2 Å². The first-order valence-corrected chi connectivity index (χ1v) is 9.18. The van der Waals surface area contributed by atoms with Crippen molar-refractivity contribution in [2.75, 3.05) is 10.2 Å². The standard InChI is InChI=1S/C22H14ClFN2O2/c23-14-11-9-13(10-12-14)19-20(27)26(18-8-4-2-6-16(18)24)22(19)15-5-1-3-7-17(15)25-21(22)28/h1-12,19H,(H,25,28)/t19-,22-/m1/s1. The highest BCUT2D eigenvalue weighted by Crippen LogP contribution is 2.58. The van der Waals surface area contributed by atoms with Crippen LogP contribution in [0.5, 0.6) is 0 Å². The summed E-state index contributed by atoms with van der Waals surface area (Å²) in [6.07, 6.45) is 0. The number of fused-ring (bicyclic) bond motifs is 2. The number of carbonyl (C=O) groups excluding carboxylic acids is 2. The van der Waals surface area contributed by atoms with Crippen LogP contribution in [0.15, 0.2) is 72.8 Å². The molecule has 28 heavy (non-hydrogen) atoms. The van der Waals surface area contributed by atoms with Crippen molar-refractivity contribution in [2.24, 2.45) is 0 Å². The van der Waals surface area contributed by atoms with E-state index in [1.807, 2.05) is 12.1 Å². The largest absolute Gasteiger partial charge is 0.323 e. The Labute approximate surface area is 165 Å². The second-order valence-electron chi connectivity index (χ2n) is 6.88. The molecule has 6 heteroatoms. The summed E-state index contributed by atoms with van der Waals surface area (Å²) in [4.78, 5) is 27.8. The van der Waals surface area contributed by atoms with Gasteiger partial charge in [0.1, 0.15) is 11.7 Å². The van der Waals surface area contributed by atoms with Crippen LogP contribution in [0.3, 0.4) is 0 Å². The van der Waals surface area contributed by atoms with Gasteiger partial charge in [-0.15, -0.1) is 0 Å². The van der Waals surface area contributed by atoms with Crippen molar-refractivity contribution in [1.82, 2.24) is 0 Å². The highest BCUT2D eigenvalue weighted by Gasteiger charge is 2.70. The monoisotopic (exact) mass is 392 g/mol. The second-order valence-corrected chi connectivity index (χ2v) is 7.31. The van der Waals surface area contributed by atoms with Crippen LogP contribution in [0.25, 0.3) is 0 Å². The normalized spacial score (nSPS) is 22.8. The number of amides is 2. The van der Waals surface area contributed by atoms with Gasteiger partial charge in [-0.25, -0.2) is 4.39 Å². The number of halogens is 2. The maximum atomic E-state index is 14.6. The van der Waals surface area contributed by atoms with Crippen LogP contribution in [-0.2, 0) is 15.1 Å². The maximum absolute atomic E-state index is 14.6. The third-order valence-electron chi connectivity index (χ3n) is 5.47. The third-order valence-corrected chi connectivity index (χ3v) is 5.72. The number of nitrogens with one attached hydrogen (secondary N) is 1. The molecule has 1 N–H and O–H groups in total. The van der Waals surface area contributed by atoms with Crippen LogP contribution in [0.1, 0.15) is 17.0 Å². The van der Waals surface area contributed by atoms with E-state index < -0.39 is 17.3 Å². The van der Waals surface area contributed by atoms with Crippen molar-refractivity contribution in [3.8, 4) is 0 Å². The molecule has 0 bridgehead atoms. The first kappa shape index (κ1) is 17.0. The van der Waals surface area contributed by atoms with Gasteiger partial charge in [0.15, 0.2) is 5.54 Å². The zero-order chi connectivity index (χ0) is 19.5.